The van der Waals surface area contributed by atoms with Crippen LogP contribution in [-0.2, 0) is 4.79 Å². The number of amides is 1. The Hall–Kier alpha value is -2.87. The van der Waals surface area contributed by atoms with E-state index in [4.69, 9.17) is 14.6 Å². The van der Waals surface area contributed by atoms with Gasteiger partial charge in [-0.3, -0.25) is 4.79 Å². The van der Waals surface area contributed by atoms with Crippen molar-refractivity contribution in [1.82, 2.24) is 5.43 Å². The van der Waals surface area contributed by atoms with Gasteiger partial charge < -0.3 is 14.6 Å². The molecule has 0 saturated carbocycles. The number of benzene rings is 2. The number of hydrazone groups is 1. The van der Waals surface area contributed by atoms with Crippen molar-refractivity contribution in [1.29, 1.82) is 0 Å². The van der Waals surface area contributed by atoms with Gasteiger partial charge in [0.1, 0.15) is 0 Å². The van der Waals surface area contributed by atoms with Crippen LogP contribution in [-0.4, -0.2) is 36.4 Å². The molecule has 0 bridgehead atoms. The van der Waals surface area contributed by atoms with Crippen LogP contribution in [0.1, 0.15) is 22.8 Å². The molecule has 0 aliphatic carbocycles. The fraction of sp³-hybridized carbons (Fsp3) is 0.167. The van der Waals surface area contributed by atoms with Crippen LogP contribution in [0.25, 0.3) is 0 Å². The highest BCUT2D eigenvalue weighted by atomic mass is 79.9. The highest BCUT2D eigenvalue weighted by Crippen LogP contribution is 2.31. The van der Waals surface area contributed by atoms with E-state index in [-0.39, 0.29) is 5.75 Å². The normalized spacial score (nSPS) is 11.8. The lowest BCUT2D eigenvalue weighted by molar-refractivity contribution is -0.144. The number of nitrogens with one attached hydrogen (secondary N) is 1. The number of hydrogen-bond donors (Lipinski definition) is 2. The zero-order valence-corrected chi connectivity index (χ0v) is 15.7. The van der Waals surface area contributed by atoms with Crippen molar-refractivity contribution in [2.45, 2.75) is 13.0 Å². The van der Waals surface area contributed by atoms with E-state index in [0.29, 0.717) is 21.3 Å². The third-order valence-electron chi connectivity index (χ3n) is 3.36. The molecule has 8 heteroatoms. The number of aliphatic carboxylic acids is 1. The average Bonchev–Trinajstić information content (AvgIpc) is 2.62. The van der Waals surface area contributed by atoms with E-state index in [0.717, 1.165) is 0 Å². The van der Waals surface area contributed by atoms with Crippen LogP contribution in [0.2, 0.25) is 0 Å². The van der Waals surface area contributed by atoms with Crippen LogP contribution in [0.5, 0.6) is 11.5 Å². The van der Waals surface area contributed by atoms with E-state index >= 15 is 0 Å². The lowest BCUT2D eigenvalue weighted by Crippen LogP contribution is -2.24. The Labute approximate surface area is 158 Å². The monoisotopic (exact) mass is 420 g/mol. The summed E-state index contributed by atoms with van der Waals surface area (Å²) in [5, 5.41) is 13.0. The summed E-state index contributed by atoms with van der Waals surface area (Å²) in [6.45, 7) is 1.41. The van der Waals surface area contributed by atoms with E-state index in [1.807, 2.05) is 0 Å². The lowest BCUT2D eigenvalue weighted by atomic mass is 10.2. The molecule has 0 saturated heterocycles. The number of para-hydroxylation sites is 1. The summed E-state index contributed by atoms with van der Waals surface area (Å²) in [5.74, 6) is -0.915. The van der Waals surface area contributed by atoms with Crippen LogP contribution in [0, 0.1) is 0 Å². The number of rotatable bonds is 7. The van der Waals surface area contributed by atoms with Gasteiger partial charge in [-0.25, -0.2) is 10.2 Å². The van der Waals surface area contributed by atoms with Gasteiger partial charge in [0.15, 0.2) is 17.6 Å². The maximum atomic E-state index is 12.1. The van der Waals surface area contributed by atoms with Crippen molar-refractivity contribution >= 4 is 34.0 Å². The van der Waals surface area contributed by atoms with E-state index in [1.54, 1.807) is 42.5 Å². The van der Waals surface area contributed by atoms with Gasteiger partial charge in [0.2, 0.25) is 0 Å². The first-order valence-corrected chi connectivity index (χ1v) is 8.37. The number of carbonyl (C=O) groups is 2. The second kappa shape index (κ2) is 9.00. The Morgan fingerprint density at radius 3 is 2.62 bits per heavy atom. The molecule has 2 N–H and O–H groups in total. The fourth-order valence-corrected chi connectivity index (χ4v) is 2.48. The molecule has 2 aromatic carbocycles. The number of carboxylic acids is 1. The molecular weight excluding hydrogens is 404 g/mol. The van der Waals surface area contributed by atoms with E-state index in [9.17, 15) is 9.59 Å². The van der Waals surface area contributed by atoms with Gasteiger partial charge in [-0.2, -0.15) is 5.10 Å². The Balaban J connectivity index is 2.20. The van der Waals surface area contributed by atoms with E-state index < -0.39 is 18.0 Å². The smallest absolute Gasteiger partial charge is 0.344 e. The highest BCUT2D eigenvalue weighted by Gasteiger charge is 2.18. The summed E-state index contributed by atoms with van der Waals surface area (Å²) in [6.07, 6.45) is 0.287. The minimum atomic E-state index is -1.11. The molecule has 2 aromatic rings. The first-order chi connectivity index (χ1) is 12.4. The summed E-state index contributed by atoms with van der Waals surface area (Å²) in [4.78, 5) is 23.2. The number of hydrogen-bond acceptors (Lipinski definition) is 5. The molecule has 1 amide bonds. The van der Waals surface area contributed by atoms with Crippen molar-refractivity contribution < 1.29 is 24.2 Å². The van der Waals surface area contributed by atoms with Crippen molar-refractivity contribution in [3.05, 3.63) is 58.1 Å². The molecule has 0 radical (unpaired) electrons. The van der Waals surface area contributed by atoms with Crippen LogP contribution in [0.4, 0.5) is 0 Å². The van der Waals surface area contributed by atoms with Crippen LogP contribution in [0.15, 0.2) is 52.0 Å². The summed E-state index contributed by atoms with van der Waals surface area (Å²) in [5.41, 5.74) is 3.32. The topological polar surface area (TPSA) is 97.2 Å². The standard InChI is InChI=1S/C18H17BrN2O5/c1-11(18(23)24)26-16-12(6-5-9-15(16)25-2)10-20-21-17(22)13-7-3-4-8-14(13)19/h3-11H,1-2H3,(H,21,22)(H,23,24)/b20-10-/t11-/m1/s1. The minimum absolute atomic E-state index is 0.226. The Morgan fingerprint density at radius 1 is 1.23 bits per heavy atom. The second-order valence-electron chi connectivity index (χ2n) is 5.16. The SMILES string of the molecule is COc1cccc(/C=N\NC(=O)c2ccccc2Br)c1O[C@H](C)C(=O)O. The largest absolute Gasteiger partial charge is 0.493 e. The molecular formula is C18H17BrN2O5. The predicted octanol–water partition coefficient (Wildman–Crippen LogP) is 3.07. The van der Waals surface area contributed by atoms with Crippen LogP contribution >= 0.6 is 15.9 Å². The van der Waals surface area contributed by atoms with Crippen molar-refractivity contribution in [2.75, 3.05) is 7.11 Å². The van der Waals surface area contributed by atoms with Gasteiger partial charge in [-0.1, -0.05) is 18.2 Å². The van der Waals surface area contributed by atoms with Crippen molar-refractivity contribution in [3.63, 3.8) is 0 Å². The molecule has 136 valence electrons. The molecule has 0 aliphatic heterocycles. The summed E-state index contributed by atoms with van der Waals surface area (Å²) < 4.78 is 11.3. The Morgan fingerprint density at radius 2 is 1.96 bits per heavy atom. The summed E-state index contributed by atoms with van der Waals surface area (Å²) in [6, 6.07) is 12.0. The minimum Gasteiger partial charge on any atom is -0.493 e. The number of nitrogens with zero attached hydrogens (tertiary/aromatic N) is 1. The molecule has 0 aromatic heterocycles. The Kier molecular flexibility index (Phi) is 6.74. The van der Waals surface area contributed by atoms with Crippen molar-refractivity contribution in [2.24, 2.45) is 5.10 Å². The van der Waals surface area contributed by atoms with Crippen LogP contribution in [0.3, 0.4) is 0 Å². The van der Waals surface area contributed by atoms with E-state index in [1.165, 1.54) is 20.2 Å². The van der Waals surface area contributed by atoms with E-state index in [2.05, 4.69) is 26.5 Å². The second-order valence-corrected chi connectivity index (χ2v) is 6.01. The maximum Gasteiger partial charge on any atom is 0.344 e. The number of carboxylic acid groups (broad SMARTS) is 1. The highest BCUT2D eigenvalue weighted by molar-refractivity contribution is 9.10. The zero-order chi connectivity index (χ0) is 19.1. The van der Waals surface area contributed by atoms with Gasteiger partial charge in [-0.15, -0.1) is 0 Å². The molecule has 2 rings (SSSR count). The van der Waals surface area contributed by atoms with Gasteiger partial charge in [-0.05, 0) is 47.1 Å². The number of ether oxygens (including phenoxy) is 2. The first kappa shape index (κ1) is 19.5. The van der Waals surface area contributed by atoms with Crippen LogP contribution < -0.4 is 14.9 Å². The molecule has 0 aliphatic rings. The quantitative estimate of drug-likeness (QED) is 0.529. The number of halogens is 1. The fourth-order valence-electron chi connectivity index (χ4n) is 2.01. The third kappa shape index (κ3) is 4.82. The maximum absolute atomic E-state index is 12.1. The molecule has 0 heterocycles. The number of methoxy groups -OCH3 is 1. The van der Waals surface area contributed by atoms with Crippen molar-refractivity contribution in [3.8, 4) is 11.5 Å². The van der Waals surface area contributed by atoms with Gasteiger partial charge in [0.25, 0.3) is 5.91 Å². The lowest BCUT2D eigenvalue weighted by Gasteiger charge is -2.15. The van der Waals surface area contributed by atoms with Gasteiger partial charge in [0, 0.05) is 10.0 Å². The molecule has 1 atom stereocenters. The van der Waals surface area contributed by atoms with Gasteiger partial charge >= 0.3 is 5.97 Å². The summed E-state index contributed by atoms with van der Waals surface area (Å²) in [7, 11) is 1.45. The molecule has 7 nitrogen and oxygen atoms in total. The molecule has 0 fully saturated rings. The molecule has 26 heavy (non-hydrogen) atoms. The zero-order valence-electron chi connectivity index (χ0n) is 14.1. The first-order valence-electron chi connectivity index (χ1n) is 7.58. The Bertz CT molecular complexity index is 838. The third-order valence-corrected chi connectivity index (χ3v) is 4.05. The summed E-state index contributed by atoms with van der Waals surface area (Å²) >= 11 is 3.30. The average molecular weight is 421 g/mol. The molecule has 0 spiro atoms. The predicted molar refractivity (Wildman–Crippen MR) is 99.9 cm³/mol. The van der Waals surface area contributed by atoms with Gasteiger partial charge in [0.05, 0.1) is 18.9 Å². The number of carbonyl (C=O) groups excluding carboxylic acids is 1. The molecule has 0 unspecified atom stereocenters.